The van der Waals surface area contributed by atoms with Crippen LogP contribution in [-0.2, 0) is 0 Å². The molecule has 148 valence electrons. The minimum absolute atomic E-state index is 0.195. The summed E-state index contributed by atoms with van der Waals surface area (Å²) in [5, 5.41) is 7.90. The minimum atomic E-state index is -0.331. The molecule has 3 N–H and O–H groups in total. The van der Waals surface area contributed by atoms with Gasteiger partial charge in [-0.2, -0.15) is 5.10 Å². The van der Waals surface area contributed by atoms with Crippen LogP contribution in [0, 0.1) is 6.92 Å². The van der Waals surface area contributed by atoms with Crippen LogP contribution in [0.4, 0.5) is 5.69 Å². The van der Waals surface area contributed by atoms with Crippen molar-refractivity contribution >= 4 is 34.6 Å². The van der Waals surface area contributed by atoms with E-state index in [1.807, 2.05) is 55.6 Å². The van der Waals surface area contributed by atoms with Crippen LogP contribution in [0.15, 0.2) is 84.1 Å². The lowest BCUT2D eigenvalue weighted by atomic mass is 10.1. The molecule has 4 aromatic rings. The number of hydrogen-bond donors (Lipinski definition) is 3. The molecule has 0 radical (unpaired) electrons. The Hall–Kier alpha value is -4.19. The number of aromatic nitrogens is 1. The van der Waals surface area contributed by atoms with Crippen molar-refractivity contribution in [2.75, 3.05) is 5.32 Å². The molecule has 0 spiro atoms. The first-order valence-corrected chi connectivity index (χ1v) is 9.48. The van der Waals surface area contributed by atoms with Crippen LogP contribution in [0.5, 0.6) is 0 Å². The average molecular weight is 396 g/mol. The molecule has 0 aliphatic heterocycles. The van der Waals surface area contributed by atoms with E-state index in [-0.39, 0.29) is 11.8 Å². The number of amides is 2. The van der Waals surface area contributed by atoms with Gasteiger partial charge in [0.1, 0.15) is 0 Å². The number of para-hydroxylation sites is 1. The molecule has 30 heavy (non-hydrogen) atoms. The molecule has 0 bridgehead atoms. The zero-order chi connectivity index (χ0) is 20.9. The number of carbonyl (C=O) groups excluding carboxylic acids is 2. The van der Waals surface area contributed by atoms with Gasteiger partial charge in [0.15, 0.2) is 0 Å². The highest BCUT2D eigenvalue weighted by Gasteiger charge is 2.08. The summed E-state index contributed by atoms with van der Waals surface area (Å²) >= 11 is 0. The number of carbonyl (C=O) groups is 2. The summed E-state index contributed by atoms with van der Waals surface area (Å²) in [6, 6.07) is 21.9. The Morgan fingerprint density at radius 2 is 1.70 bits per heavy atom. The molecule has 0 fully saturated rings. The van der Waals surface area contributed by atoms with E-state index in [9.17, 15) is 9.59 Å². The molecule has 0 unspecified atom stereocenters. The molecule has 6 heteroatoms. The Bertz CT molecular complexity index is 1240. The normalized spacial score (nSPS) is 11.0. The molecule has 0 saturated carbocycles. The number of fused-ring (bicyclic) bond motifs is 1. The fourth-order valence-corrected chi connectivity index (χ4v) is 3.12. The number of anilines is 1. The molecule has 6 nitrogen and oxygen atoms in total. The number of rotatable bonds is 5. The molecule has 0 aliphatic rings. The summed E-state index contributed by atoms with van der Waals surface area (Å²) < 4.78 is 0. The average Bonchev–Trinajstić information content (AvgIpc) is 3.17. The quantitative estimate of drug-likeness (QED) is 0.343. The fraction of sp³-hybridized carbons (Fsp3) is 0.0417. The number of H-pyrrole nitrogens is 1. The summed E-state index contributed by atoms with van der Waals surface area (Å²) in [4.78, 5) is 27.8. The lowest BCUT2D eigenvalue weighted by molar-refractivity contribution is 0.0954. The summed E-state index contributed by atoms with van der Waals surface area (Å²) in [6.45, 7) is 1.94. The predicted octanol–water partition coefficient (Wildman–Crippen LogP) is 4.49. The maximum atomic E-state index is 12.3. The van der Waals surface area contributed by atoms with E-state index in [1.165, 1.54) is 0 Å². The van der Waals surface area contributed by atoms with Gasteiger partial charge in [-0.25, -0.2) is 5.43 Å². The third-order valence-corrected chi connectivity index (χ3v) is 4.68. The molecule has 0 atom stereocenters. The lowest BCUT2D eigenvalue weighted by Crippen LogP contribution is -2.17. The Labute approximate surface area is 173 Å². The van der Waals surface area contributed by atoms with Gasteiger partial charge in [-0.15, -0.1) is 0 Å². The standard InChI is InChI=1S/C24H20N4O2/c1-16-5-4-6-18(13-16)23(29)27-20-11-9-17(10-12-20)24(30)28-26-15-19-14-25-22-8-3-2-7-21(19)22/h2-15,25H,1H3,(H,27,29)(H,28,30). The lowest BCUT2D eigenvalue weighted by Gasteiger charge is -2.07. The maximum absolute atomic E-state index is 12.3. The molecule has 4 rings (SSSR count). The van der Waals surface area contributed by atoms with Crippen LogP contribution in [0.3, 0.4) is 0 Å². The van der Waals surface area contributed by atoms with E-state index in [0.717, 1.165) is 22.0 Å². The van der Waals surface area contributed by atoms with Crippen molar-refractivity contribution in [2.45, 2.75) is 6.92 Å². The fourth-order valence-electron chi connectivity index (χ4n) is 3.12. The summed E-state index contributed by atoms with van der Waals surface area (Å²) in [6.07, 6.45) is 3.44. The highest BCUT2D eigenvalue weighted by molar-refractivity contribution is 6.05. The Morgan fingerprint density at radius 3 is 2.50 bits per heavy atom. The van der Waals surface area contributed by atoms with Gasteiger partial charge >= 0.3 is 0 Å². The first-order chi connectivity index (χ1) is 14.6. The summed E-state index contributed by atoms with van der Waals surface area (Å²) in [7, 11) is 0. The number of aromatic amines is 1. The van der Waals surface area contributed by atoms with Crippen LogP contribution >= 0.6 is 0 Å². The van der Waals surface area contributed by atoms with Gasteiger partial charge < -0.3 is 10.3 Å². The molecule has 1 aromatic heterocycles. The van der Waals surface area contributed by atoms with E-state index in [2.05, 4.69) is 20.8 Å². The number of hydrazone groups is 1. The number of nitrogens with one attached hydrogen (secondary N) is 3. The zero-order valence-corrected chi connectivity index (χ0v) is 16.3. The molecular formula is C24H20N4O2. The molecule has 3 aromatic carbocycles. The first-order valence-electron chi connectivity index (χ1n) is 9.48. The maximum Gasteiger partial charge on any atom is 0.271 e. The predicted molar refractivity (Wildman–Crippen MR) is 119 cm³/mol. The van der Waals surface area contributed by atoms with Gasteiger partial charge in [-0.05, 0) is 49.4 Å². The second-order valence-electron chi connectivity index (χ2n) is 6.89. The van der Waals surface area contributed by atoms with Crippen LogP contribution in [0.25, 0.3) is 10.9 Å². The van der Waals surface area contributed by atoms with Crippen LogP contribution in [0.2, 0.25) is 0 Å². The van der Waals surface area contributed by atoms with E-state index >= 15 is 0 Å². The SMILES string of the molecule is Cc1cccc(C(=O)Nc2ccc(C(=O)NN=Cc3c[nH]c4ccccc34)cc2)c1. The van der Waals surface area contributed by atoms with E-state index in [0.29, 0.717) is 16.8 Å². The van der Waals surface area contributed by atoms with Gasteiger partial charge in [0.25, 0.3) is 11.8 Å². The molecule has 0 saturated heterocycles. The molecule has 1 heterocycles. The van der Waals surface area contributed by atoms with Gasteiger partial charge in [-0.3, -0.25) is 9.59 Å². The smallest absolute Gasteiger partial charge is 0.271 e. The summed E-state index contributed by atoms with van der Waals surface area (Å²) in [5.41, 5.74) is 7.08. The van der Waals surface area contributed by atoms with Crippen molar-refractivity contribution in [1.29, 1.82) is 0 Å². The van der Waals surface area contributed by atoms with Gasteiger partial charge in [0, 0.05) is 39.5 Å². The highest BCUT2D eigenvalue weighted by atomic mass is 16.2. The van der Waals surface area contributed by atoms with Crippen molar-refractivity contribution in [2.24, 2.45) is 5.10 Å². The van der Waals surface area contributed by atoms with Gasteiger partial charge in [-0.1, -0.05) is 35.9 Å². The monoisotopic (exact) mass is 396 g/mol. The van der Waals surface area contributed by atoms with Crippen LogP contribution < -0.4 is 10.7 Å². The van der Waals surface area contributed by atoms with Gasteiger partial charge in [0.05, 0.1) is 6.21 Å². The van der Waals surface area contributed by atoms with E-state index in [1.54, 1.807) is 36.5 Å². The number of nitrogens with zero attached hydrogens (tertiary/aromatic N) is 1. The Morgan fingerprint density at radius 1 is 0.900 bits per heavy atom. The van der Waals surface area contributed by atoms with Crippen molar-refractivity contribution in [3.05, 3.63) is 101 Å². The third kappa shape index (κ3) is 4.28. The molecule has 2 amide bonds. The highest BCUT2D eigenvalue weighted by Crippen LogP contribution is 2.16. The van der Waals surface area contributed by atoms with Crippen molar-refractivity contribution in [3.63, 3.8) is 0 Å². The van der Waals surface area contributed by atoms with E-state index in [4.69, 9.17) is 0 Å². The van der Waals surface area contributed by atoms with Crippen LogP contribution in [0.1, 0.15) is 31.8 Å². The van der Waals surface area contributed by atoms with E-state index < -0.39 is 0 Å². The van der Waals surface area contributed by atoms with Gasteiger partial charge in [0.2, 0.25) is 0 Å². The third-order valence-electron chi connectivity index (χ3n) is 4.68. The van der Waals surface area contributed by atoms with Crippen molar-refractivity contribution < 1.29 is 9.59 Å². The minimum Gasteiger partial charge on any atom is -0.361 e. The zero-order valence-electron chi connectivity index (χ0n) is 16.3. The Kier molecular flexibility index (Phi) is 5.39. The summed E-state index contributed by atoms with van der Waals surface area (Å²) in [5.74, 6) is -0.526. The largest absolute Gasteiger partial charge is 0.361 e. The second kappa shape index (κ2) is 8.45. The molecule has 0 aliphatic carbocycles. The Balaban J connectivity index is 1.37. The topological polar surface area (TPSA) is 86.3 Å². The first kappa shape index (κ1) is 19.1. The van der Waals surface area contributed by atoms with Crippen molar-refractivity contribution in [3.8, 4) is 0 Å². The number of hydrogen-bond acceptors (Lipinski definition) is 3. The number of benzene rings is 3. The number of aryl methyl sites for hydroxylation is 1. The van der Waals surface area contributed by atoms with Crippen molar-refractivity contribution in [1.82, 2.24) is 10.4 Å². The molecular weight excluding hydrogens is 376 g/mol. The second-order valence-corrected chi connectivity index (χ2v) is 6.89. The van der Waals surface area contributed by atoms with Crippen LogP contribution in [-0.4, -0.2) is 23.0 Å².